The van der Waals surface area contributed by atoms with Crippen LogP contribution in [-0.2, 0) is 0 Å². The van der Waals surface area contributed by atoms with Crippen LogP contribution in [0.5, 0.6) is 5.75 Å². The van der Waals surface area contributed by atoms with Crippen molar-refractivity contribution in [2.75, 3.05) is 5.73 Å². The van der Waals surface area contributed by atoms with E-state index in [4.69, 9.17) is 5.73 Å². The maximum atomic E-state index is 9.81. The summed E-state index contributed by atoms with van der Waals surface area (Å²) < 4.78 is 1.79. The Morgan fingerprint density at radius 3 is 2.59 bits per heavy atom. The van der Waals surface area contributed by atoms with Gasteiger partial charge in [-0.1, -0.05) is 18.2 Å². The number of para-hydroxylation sites is 1. The van der Waals surface area contributed by atoms with Gasteiger partial charge in [-0.3, -0.25) is 4.40 Å². The predicted octanol–water partition coefficient (Wildman–Crippen LogP) is 2.29. The Kier molecular flexibility index (Phi) is 2.01. The van der Waals surface area contributed by atoms with E-state index in [2.05, 4.69) is 4.98 Å². The molecule has 17 heavy (non-hydrogen) atoms. The van der Waals surface area contributed by atoms with Crippen LogP contribution in [-0.4, -0.2) is 14.5 Å². The molecule has 2 heterocycles. The molecule has 0 radical (unpaired) electrons. The third-order valence-electron chi connectivity index (χ3n) is 2.73. The number of hydrogen-bond donors (Lipinski definition) is 2. The first kappa shape index (κ1) is 9.72. The largest absolute Gasteiger partial charge is 0.507 e. The summed E-state index contributed by atoms with van der Waals surface area (Å²) in [4.78, 5) is 4.42. The van der Waals surface area contributed by atoms with Gasteiger partial charge in [0.05, 0.1) is 0 Å². The van der Waals surface area contributed by atoms with E-state index in [-0.39, 0.29) is 5.75 Å². The van der Waals surface area contributed by atoms with Crippen LogP contribution < -0.4 is 5.73 Å². The summed E-state index contributed by atoms with van der Waals surface area (Å²) in [7, 11) is 0. The highest BCUT2D eigenvalue weighted by Gasteiger charge is 2.13. The van der Waals surface area contributed by atoms with E-state index in [1.54, 1.807) is 22.6 Å². The second kappa shape index (κ2) is 3.52. The van der Waals surface area contributed by atoms with Gasteiger partial charge in [0.15, 0.2) is 0 Å². The third kappa shape index (κ3) is 1.42. The SMILES string of the molecule is Nc1c(-c2ccccc2O)nc2ccccn12. The quantitative estimate of drug-likeness (QED) is 0.667. The molecule has 2 aromatic heterocycles. The third-order valence-corrected chi connectivity index (χ3v) is 2.73. The van der Waals surface area contributed by atoms with Crippen LogP contribution in [0.25, 0.3) is 16.9 Å². The van der Waals surface area contributed by atoms with Crippen LogP contribution in [0.4, 0.5) is 5.82 Å². The van der Waals surface area contributed by atoms with Crippen molar-refractivity contribution >= 4 is 11.5 Å². The normalized spacial score (nSPS) is 10.8. The molecular formula is C13H11N3O. The Morgan fingerprint density at radius 2 is 1.82 bits per heavy atom. The lowest BCUT2D eigenvalue weighted by molar-refractivity contribution is 0.477. The molecule has 0 unspecified atom stereocenters. The number of fused-ring (bicyclic) bond motifs is 1. The lowest BCUT2D eigenvalue weighted by Crippen LogP contribution is -1.93. The molecule has 84 valence electrons. The van der Waals surface area contributed by atoms with Gasteiger partial charge in [-0.15, -0.1) is 0 Å². The first-order chi connectivity index (χ1) is 8.27. The highest BCUT2D eigenvalue weighted by Crippen LogP contribution is 2.32. The minimum atomic E-state index is 0.183. The predicted molar refractivity (Wildman–Crippen MR) is 66.7 cm³/mol. The number of anilines is 1. The number of pyridine rings is 1. The fourth-order valence-electron chi connectivity index (χ4n) is 1.89. The van der Waals surface area contributed by atoms with Crippen molar-refractivity contribution in [1.29, 1.82) is 0 Å². The molecule has 0 aliphatic carbocycles. The second-order valence-electron chi connectivity index (χ2n) is 3.79. The minimum Gasteiger partial charge on any atom is -0.507 e. The monoisotopic (exact) mass is 225 g/mol. The Balaban J connectivity index is 2.32. The number of phenols is 1. The first-order valence-corrected chi connectivity index (χ1v) is 5.28. The van der Waals surface area contributed by atoms with Crippen molar-refractivity contribution in [3.05, 3.63) is 48.7 Å². The van der Waals surface area contributed by atoms with Crippen molar-refractivity contribution in [3.63, 3.8) is 0 Å². The molecule has 0 bridgehead atoms. The molecule has 4 nitrogen and oxygen atoms in total. The highest BCUT2D eigenvalue weighted by atomic mass is 16.3. The Bertz CT molecular complexity index is 688. The lowest BCUT2D eigenvalue weighted by atomic mass is 10.1. The van der Waals surface area contributed by atoms with E-state index in [0.29, 0.717) is 17.1 Å². The number of nitrogen functional groups attached to an aromatic ring is 1. The Hall–Kier alpha value is -2.49. The van der Waals surface area contributed by atoms with Crippen molar-refractivity contribution in [3.8, 4) is 17.0 Å². The van der Waals surface area contributed by atoms with Gasteiger partial charge in [0.1, 0.15) is 22.9 Å². The van der Waals surface area contributed by atoms with Gasteiger partial charge in [0.25, 0.3) is 0 Å². The Morgan fingerprint density at radius 1 is 1.06 bits per heavy atom. The lowest BCUT2D eigenvalue weighted by Gasteiger charge is -2.01. The van der Waals surface area contributed by atoms with E-state index in [0.717, 1.165) is 5.65 Å². The second-order valence-corrected chi connectivity index (χ2v) is 3.79. The zero-order valence-corrected chi connectivity index (χ0v) is 9.04. The van der Waals surface area contributed by atoms with Gasteiger partial charge in [-0.2, -0.15) is 0 Å². The number of nitrogens with zero attached hydrogens (tertiary/aromatic N) is 2. The van der Waals surface area contributed by atoms with Gasteiger partial charge in [-0.25, -0.2) is 4.98 Å². The molecule has 0 saturated carbocycles. The maximum Gasteiger partial charge on any atom is 0.139 e. The molecule has 0 amide bonds. The highest BCUT2D eigenvalue weighted by molar-refractivity contribution is 5.78. The average Bonchev–Trinajstić information content (AvgIpc) is 2.68. The molecule has 0 saturated heterocycles. The van der Waals surface area contributed by atoms with Crippen molar-refractivity contribution in [2.45, 2.75) is 0 Å². The zero-order valence-electron chi connectivity index (χ0n) is 9.04. The molecule has 4 heteroatoms. The zero-order chi connectivity index (χ0) is 11.8. The van der Waals surface area contributed by atoms with E-state index in [1.165, 1.54) is 0 Å². The molecule has 0 spiro atoms. The molecule has 3 N–H and O–H groups in total. The van der Waals surface area contributed by atoms with Crippen LogP contribution in [0, 0.1) is 0 Å². The fourth-order valence-corrected chi connectivity index (χ4v) is 1.89. The molecule has 0 aliphatic rings. The van der Waals surface area contributed by atoms with Gasteiger partial charge in [-0.05, 0) is 24.3 Å². The number of benzene rings is 1. The number of aromatic hydroxyl groups is 1. The van der Waals surface area contributed by atoms with Crippen LogP contribution in [0.1, 0.15) is 0 Å². The summed E-state index contributed by atoms with van der Waals surface area (Å²) >= 11 is 0. The summed E-state index contributed by atoms with van der Waals surface area (Å²) in [5.74, 6) is 0.713. The summed E-state index contributed by atoms with van der Waals surface area (Å²) in [5.41, 5.74) is 8.05. The van der Waals surface area contributed by atoms with Crippen LogP contribution in [0.2, 0.25) is 0 Å². The van der Waals surface area contributed by atoms with Crippen molar-refractivity contribution < 1.29 is 5.11 Å². The van der Waals surface area contributed by atoms with Gasteiger partial charge in [0, 0.05) is 11.8 Å². The van der Waals surface area contributed by atoms with Crippen molar-refractivity contribution in [1.82, 2.24) is 9.38 Å². The molecule has 3 rings (SSSR count). The van der Waals surface area contributed by atoms with Crippen LogP contribution in [0.15, 0.2) is 48.7 Å². The first-order valence-electron chi connectivity index (χ1n) is 5.28. The van der Waals surface area contributed by atoms with Gasteiger partial charge < -0.3 is 10.8 Å². The number of hydrogen-bond acceptors (Lipinski definition) is 3. The number of phenolic OH excluding ortho intramolecular Hbond substituents is 1. The standard InChI is InChI=1S/C13H11N3O/c14-13-12(9-5-1-2-6-10(9)17)15-11-7-3-4-8-16(11)13/h1-8,17H,14H2. The number of nitrogens with two attached hydrogens (primary N) is 1. The smallest absolute Gasteiger partial charge is 0.139 e. The molecule has 0 aliphatic heterocycles. The summed E-state index contributed by atoms with van der Waals surface area (Å²) in [6.07, 6.45) is 1.85. The van der Waals surface area contributed by atoms with Gasteiger partial charge in [0.2, 0.25) is 0 Å². The average molecular weight is 225 g/mol. The van der Waals surface area contributed by atoms with E-state index in [1.807, 2.05) is 30.5 Å². The molecule has 0 atom stereocenters. The molecule has 0 fully saturated rings. The van der Waals surface area contributed by atoms with E-state index in [9.17, 15) is 5.11 Å². The summed E-state index contributed by atoms with van der Waals surface area (Å²) in [6.45, 7) is 0. The topological polar surface area (TPSA) is 63.5 Å². The minimum absolute atomic E-state index is 0.183. The molecular weight excluding hydrogens is 214 g/mol. The van der Waals surface area contributed by atoms with Crippen LogP contribution in [0.3, 0.4) is 0 Å². The van der Waals surface area contributed by atoms with Crippen molar-refractivity contribution in [2.24, 2.45) is 0 Å². The fraction of sp³-hybridized carbons (Fsp3) is 0. The van der Waals surface area contributed by atoms with E-state index >= 15 is 0 Å². The molecule has 1 aromatic carbocycles. The number of aromatic nitrogens is 2. The maximum absolute atomic E-state index is 9.81. The summed E-state index contributed by atoms with van der Waals surface area (Å²) in [5, 5.41) is 9.81. The Labute approximate surface area is 98.0 Å². The summed E-state index contributed by atoms with van der Waals surface area (Å²) in [6, 6.07) is 12.7. The van der Waals surface area contributed by atoms with Gasteiger partial charge >= 0.3 is 0 Å². The number of imidazole rings is 1. The van der Waals surface area contributed by atoms with E-state index < -0.39 is 0 Å². The number of rotatable bonds is 1. The molecule has 3 aromatic rings. The van der Waals surface area contributed by atoms with Crippen LogP contribution >= 0.6 is 0 Å².